The molecule has 3 heteroatoms. The molecule has 0 aromatic rings. The molecule has 0 bridgehead atoms. The van der Waals surface area contributed by atoms with Crippen LogP contribution in [0.4, 0.5) is 0 Å². The Morgan fingerprint density at radius 1 is 0.905 bits per heavy atom. The third kappa shape index (κ3) is 11.1. The molecule has 0 radical (unpaired) electrons. The van der Waals surface area contributed by atoms with Crippen LogP contribution in [0.3, 0.4) is 0 Å². The first-order chi connectivity index (χ1) is 9.89. The Morgan fingerprint density at radius 2 is 1.62 bits per heavy atom. The molecule has 21 heavy (non-hydrogen) atoms. The van der Waals surface area contributed by atoms with Crippen LogP contribution in [0, 0.1) is 5.41 Å². The van der Waals surface area contributed by atoms with Gasteiger partial charge >= 0.3 is 0 Å². The highest BCUT2D eigenvalue weighted by atomic mass is 16.5. The van der Waals surface area contributed by atoms with E-state index in [0.29, 0.717) is 5.41 Å². The summed E-state index contributed by atoms with van der Waals surface area (Å²) in [6.45, 7) is 14.9. The van der Waals surface area contributed by atoms with Crippen LogP contribution in [0.25, 0.3) is 0 Å². The monoisotopic (exact) mass is 301 g/mol. The van der Waals surface area contributed by atoms with E-state index in [-0.39, 0.29) is 5.54 Å². The molecule has 0 aliphatic heterocycles. The molecule has 0 aromatic heterocycles. The van der Waals surface area contributed by atoms with E-state index >= 15 is 0 Å². The van der Waals surface area contributed by atoms with Crippen LogP contribution in [-0.4, -0.2) is 39.0 Å². The second-order valence-electron chi connectivity index (χ2n) is 7.27. The zero-order valence-electron chi connectivity index (χ0n) is 15.4. The lowest BCUT2D eigenvalue weighted by Gasteiger charge is -2.36. The Morgan fingerprint density at radius 3 is 2.14 bits per heavy atom. The topological polar surface area (TPSA) is 30.5 Å². The smallest absolute Gasteiger partial charge is 0.0487 e. The third-order valence-electron chi connectivity index (χ3n) is 4.22. The zero-order chi connectivity index (χ0) is 16.2. The predicted molar refractivity (Wildman–Crippen MR) is 91.9 cm³/mol. The molecule has 1 unspecified atom stereocenters. The van der Waals surface area contributed by atoms with E-state index in [1.54, 1.807) is 7.11 Å². The van der Waals surface area contributed by atoms with Gasteiger partial charge in [-0.25, -0.2) is 0 Å². The lowest BCUT2D eigenvalue weighted by atomic mass is 9.77. The van der Waals surface area contributed by atoms with Crippen molar-refractivity contribution in [2.45, 2.75) is 78.7 Å². The number of hydrogen-bond donors (Lipinski definition) is 1. The lowest BCUT2D eigenvalue weighted by molar-refractivity contribution is 0.0676. The molecule has 0 aromatic carbocycles. The minimum absolute atomic E-state index is 0.186. The van der Waals surface area contributed by atoms with E-state index in [2.05, 4.69) is 39.9 Å². The van der Waals surface area contributed by atoms with Crippen molar-refractivity contribution in [3.63, 3.8) is 0 Å². The Bertz CT molecular complexity index is 238. The first-order valence-electron chi connectivity index (χ1n) is 8.71. The summed E-state index contributed by atoms with van der Waals surface area (Å²) < 4.78 is 10.8. The van der Waals surface area contributed by atoms with Crippen LogP contribution >= 0.6 is 0 Å². The fourth-order valence-corrected chi connectivity index (χ4v) is 2.48. The van der Waals surface area contributed by atoms with Gasteiger partial charge in [-0.3, -0.25) is 0 Å². The van der Waals surface area contributed by atoms with Crippen LogP contribution in [0.1, 0.15) is 73.1 Å². The van der Waals surface area contributed by atoms with E-state index in [0.717, 1.165) is 39.2 Å². The summed E-state index contributed by atoms with van der Waals surface area (Å²) in [5.41, 5.74) is 0.566. The molecule has 128 valence electrons. The van der Waals surface area contributed by atoms with E-state index in [1.807, 2.05) is 0 Å². The molecule has 0 amide bonds. The molecule has 0 heterocycles. The minimum Gasteiger partial charge on any atom is -0.385 e. The van der Waals surface area contributed by atoms with Gasteiger partial charge in [-0.2, -0.15) is 0 Å². The summed E-state index contributed by atoms with van der Waals surface area (Å²) in [5, 5.41) is 3.71. The van der Waals surface area contributed by atoms with Gasteiger partial charge in [0.15, 0.2) is 0 Å². The van der Waals surface area contributed by atoms with Gasteiger partial charge in [-0.1, -0.05) is 26.7 Å². The molecule has 1 atom stereocenters. The van der Waals surface area contributed by atoms with Gasteiger partial charge in [0.05, 0.1) is 0 Å². The van der Waals surface area contributed by atoms with Crippen molar-refractivity contribution in [3.05, 3.63) is 0 Å². The molecule has 1 N–H and O–H groups in total. The first-order valence-corrected chi connectivity index (χ1v) is 8.71. The minimum atomic E-state index is 0.186. The first kappa shape index (κ1) is 20.9. The standard InChI is InChI=1S/C18H39NO2/c1-7-9-11-18(8-2,16-19-17(3,4)5)12-15-21-14-10-13-20-6/h19H,7-16H2,1-6H3. The number of unbranched alkanes of at least 4 members (excludes halogenated alkanes) is 1. The maximum atomic E-state index is 5.80. The van der Waals surface area contributed by atoms with E-state index < -0.39 is 0 Å². The summed E-state index contributed by atoms with van der Waals surface area (Å²) in [6.07, 6.45) is 7.24. The highest BCUT2D eigenvalue weighted by Crippen LogP contribution is 2.33. The van der Waals surface area contributed by atoms with Crippen LogP contribution in [0.15, 0.2) is 0 Å². The molecule has 0 rings (SSSR count). The molecular formula is C18H39NO2. The Labute approximate surface area is 133 Å². The summed E-state index contributed by atoms with van der Waals surface area (Å²) in [4.78, 5) is 0. The summed E-state index contributed by atoms with van der Waals surface area (Å²) in [5.74, 6) is 0. The predicted octanol–water partition coefficient (Wildman–Crippen LogP) is 4.40. The largest absolute Gasteiger partial charge is 0.385 e. The summed E-state index contributed by atoms with van der Waals surface area (Å²) in [6, 6.07) is 0. The second-order valence-corrected chi connectivity index (χ2v) is 7.27. The van der Waals surface area contributed by atoms with E-state index in [4.69, 9.17) is 9.47 Å². The van der Waals surface area contributed by atoms with Gasteiger partial charge in [0.25, 0.3) is 0 Å². The van der Waals surface area contributed by atoms with Gasteiger partial charge < -0.3 is 14.8 Å². The molecule has 3 nitrogen and oxygen atoms in total. The van der Waals surface area contributed by atoms with Crippen molar-refractivity contribution in [1.29, 1.82) is 0 Å². The fourth-order valence-electron chi connectivity index (χ4n) is 2.48. The molecule has 0 saturated heterocycles. The molecule has 0 aliphatic rings. The summed E-state index contributed by atoms with van der Waals surface area (Å²) >= 11 is 0. The highest BCUT2D eigenvalue weighted by Gasteiger charge is 2.28. The fraction of sp³-hybridized carbons (Fsp3) is 1.00. The maximum Gasteiger partial charge on any atom is 0.0487 e. The normalized spacial score (nSPS) is 15.1. The van der Waals surface area contributed by atoms with Crippen molar-refractivity contribution in [2.75, 3.05) is 33.5 Å². The van der Waals surface area contributed by atoms with Crippen LogP contribution < -0.4 is 5.32 Å². The van der Waals surface area contributed by atoms with Gasteiger partial charge in [0.1, 0.15) is 0 Å². The molecule has 0 spiro atoms. The molecule has 0 aliphatic carbocycles. The van der Waals surface area contributed by atoms with Crippen LogP contribution in [0.5, 0.6) is 0 Å². The van der Waals surface area contributed by atoms with Gasteiger partial charge in [0, 0.05) is 39.0 Å². The van der Waals surface area contributed by atoms with Crippen LogP contribution in [-0.2, 0) is 9.47 Å². The average Bonchev–Trinajstić information content (AvgIpc) is 2.44. The number of methoxy groups -OCH3 is 1. The van der Waals surface area contributed by atoms with Crippen LogP contribution in [0.2, 0.25) is 0 Å². The van der Waals surface area contributed by atoms with Gasteiger partial charge in [-0.05, 0) is 51.9 Å². The Kier molecular flexibility index (Phi) is 11.4. The highest BCUT2D eigenvalue weighted by molar-refractivity contribution is 4.84. The number of rotatable bonds is 13. The summed E-state index contributed by atoms with van der Waals surface area (Å²) in [7, 11) is 1.74. The molecular weight excluding hydrogens is 262 g/mol. The van der Waals surface area contributed by atoms with Crippen molar-refractivity contribution in [3.8, 4) is 0 Å². The quantitative estimate of drug-likeness (QED) is 0.511. The Balaban J connectivity index is 4.28. The Hall–Kier alpha value is -0.120. The SMILES string of the molecule is CCCCC(CC)(CCOCCCOC)CNC(C)(C)C. The lowest BCUT2D eigenvalue weighted by Crippen LogP contribution is -2.44. The molecule has 0 saturated carbocycles. The molecule has 0 fully saturated rings. The van der Waals surface area contributed by atoms with Gasteiger partial charge in [0.2, 0.25) is 0 Å². The van der Waals surface area contributed by atoms with Crippen molar-refractivity contribution < 1.29 is 9.47 Å². The maximum absolute atomic E-state index is 5.80. The third-order valence-corrected chi connectivity index (χ3v) is 4.22. The van der Waals surface area contributed by atoms with Gasteiger partial charge in [-0.15, -0.1) is 0 Å². The average molecular weight is 302 g/mol. The second kappa shape index (κ2) is 11.4. The van der Waals surface area contributed by atoms with Crippen molar-refractivity contribution in [2.24, 2.45) is 5.41 Å². The number of ether oxygens (including phenoxy) is 2. The zero-order valence-corrected chi connectivity index (χ0v) is 15.4. The van der Waals surface area contributed by atoms with E-state index in [1.165, 1.54) is 25.7 Å². The number of nitrogens with one attached hydrogen (secondary N) is 1. The van der Waals surface area contributed by atoms with Crippen molar-refractivity contribution >= 4 is 0 Å². The number of hydrogen-bond acceptors (Lipinski definition) is 3. The van der Waals surface area contributed by atoms with Crippen molar-refractivity contribution in [1.82, 2.24) is 5.32 Å². The van der Waals surface area contributed by atoms with E-state index in [9.17, 15) is 0 Å².